The van der Waals surface area contributed by atoms with Crippen LogP contribution in [0, 0.1) is 0 Å². The standard InChI is InChI=1S/C8H14N2/c1-2-7(9)6-8-4-3-5-10-8/h3,5,7H,2,4,6,9H2,1H3. The van der Waals surface area contributed by atoms with Gasteiger partial charge in [-0.05, 0) is 6.42 Å². The Labute approximate surface area is 61.8 Å². The van der Waals surface area contributed by atoms with Crippen LogP contribution in [0.1, 0.15) is 26.2 Å². The van der Waals surface area contributed by atoms with Crippen molar-refractivity contribution in [2.45, 2.75) is 32.2 Å². The van der Waals surface area contributed by atoms with E-state index in [1.165, 1.54) is 5.71 Å². The number of hydrogen-bond acceptors (Lipinski definition) is 2. The van der Waals surface area contributed by atoms with E-state index >= 15 is 0 Å². The molecule has 1 rings (SSSR count). The first-order chi connectivity index (χ1) is 4.83. The van der Waals surface area contributed by atoms with Crippen molar-refractivity contribution in [1.82, 2.24) is 0 Å². The summed E-state index contributed by atoms with van der Waals surface area (Å²) >= 11 is 0. The number of allylic oxidation sites excluding steroid dienone is 1. The Balaban J connectivity index is 2.26. The van der Waals surface area contributed by atoms with Gasteiger partial charge in [0.25, 0.3) is 0 Å². The molecule has 0 aliphatic carbocycles. The van der Waals surface area contributed by atoms with E-state index in [1.54, 1.807) is 0 Å². The zero-order valence-corrected chi connectivity index (χ0v) is 6.38. The van der Waals surface area contributed by atoms with E-state index < -0.39 is 0 Å². The third-order valence-electron chi connectivity index (χ3n) is 1.74. The average molecular weight is 138 g/mol. The van der Waals surface area contributed by atoms with Gasteiger partial charge in [-0.15, -0.1) is 0 Å². The summed E-state index contributed by atoms with van der Waals surface area (Å²) in [5, 5.41) is 0. The van der Waals surface area contributed by atoms with Gasteiger partial charge in [0.2, 0.25) is 0 Å². The molecule has 1 unspecified atom stereocenters. The van der Waals surface area contributed by atoms with E-state index in [9.17, 15) is 0 Å². The van der Waals surface area contributed by atoms with E-state index in [1.807, 2.05) is 6.20 Å². The number of hydrogen-bond donors (Lipinski definition) is 1. The quantitative estimate of drug-likeness (QED) is 0.630. The molecule has 56 valence electrons. The number of aliphatic imine (C=N–C) groups is 1. The van der Waals surface area contributed by atoms with E-state index in [4.69, 9.17) is 5.73 Å². The van der Waals surface area contributed by atoms with Crippen LogP contribution in [0.25, 0.3) is 0 Å². The van der Waals surface area contributed by atoms with Crippen LogP contribution in [0.2, 0.25) is 0 Å². The van der Waals surface area contributed by atoms with Gasteiger partial charge >= 0.3 is 0 Å². The van der Waals surface area contributed by atoms with Crippen LogP contribution < -0.4 is 5.73 Å². The minimum absolute atomic E-state index is 0.304. The maximum Gasteiger partial charge on any atom is 0.0232 e. The summed E-state index contributed by atoms with van der Waals surface area (Å²) in [5.41, 5.74) is 6.98. The molecule has 0 amide bonds. The van der Waals surface area contributed by atoms with Crippen LogP contribution in [0.15, 0.2) is 17.3 Å². The molecule has 0 aromatic heterocycles. The van der Waals surface area contributed by atoms with Crippen LogP contribution >= 0.6 is 0 Å². The van der Waals surface area contributed by atoms with Crippen molar-refractivity contribution in [3.63, 3.8) is 0 Å². The third-order valence-corrected chi connectivity index (χ3v) is 1.74. The van der Waals surface area contributed by atoms with Gasteiger partial charge in [-0.2, -0.15) is 0 Å². The molecule has 0 radical (unpaired) electrons. The highest BCUT2D eigenvalue weighted by molar-refractivity contribution is 5.88. The van der Waals surface area contributed by atoms with E-state index in [0.717, 1.165) is 19.3 Å². The maximum atomic E-state index is 5.74. The van der Waals surface area contributed by atoms with Gasteiger partial charge in [-0.25, -0.2) is 0 Å². The van der Waals surface area contributed by atoms with Crippen LogP contribution in [0.4, 0.5) is 0 Å². The van der Waals surface area contributed by atoms with E-state index in [-0.39, 0.29) is 0 Å². The number of nitrogens with zero attached hydrogens (tertiary/aromatic N) is 1. The molecule has 1 aliphatic heterocycles. The van der Waals surface area contributed by atoms with Crippen molar-refractivity contribution >= 4 is 5.71 Å². The van der Waals surface area contributed by atoms with Crippen molar-refractivity contribution < 1.29 is 0 Å². The highest BCUT2D eigenvalue weighted by atomic mass is 14.7. The Morgan fingerprint density at radius 2 is 2.60 bits per heavy atom. The summed E-state index contributed by atoms with van der Waals surface area (Å²) in [7, 11) is 0. The fourth-order valence-corrected chi connectivity index (χ4v) is 0.983. The van der Waals surface area contributed by atoms with Gasteiger partial charge in [0.15, 0.2) is 0 Å². The molecule has 2 N–H and O–H groups in total. The van der Waals surface area contributed by atoms with Gasteiger partial charge in [0.1, 0.15) is 0 Å². The van der Waals surface area contributed by atoms with Gasteiger partial charge in [-0.1, -0.05) is 13.0 Å². The summed E-state index contributed by atoms with van der Waals surface area (Å²) < 4.78 is 0. The van der Waals surface area contributed by atoms with Crippen LogP contribution in [-0.2, 0) is 0 Å². The zero-order valence-electron chi connectivity index (χ0n) is 6.38. The Hall–Kier alpha value is -0.630. The lowest BCUT2D eigenvalue weighted by atomic mass is 10.1. The largest absolute Gasteiger partial charge is 0.327 e. The Kier molecular flexibility index (Phi) is 2.63. The monoisotopic (exact) mass is 138 g/mol. The Morgan fingerprint density at radius 3 is 3.10 bits per heavy atom. The average Bonchev–Trinajstić information content (AvgIpc) is 2.40. The second kappa shape index (κ2) is 3.52. The van der Waals surface area contributed by atoms with Crippen LogP contribution in [0.3, 0.4) is 0 Å². The first kappa shape index (κ1) is 7.48. The topological polar surface area (TPSA) is 38.4 Å². The molecular weight excluding hydrogens is 124 g/mol. The minimum atomic E-state index is 0.304. The SMILES string of the molecule is CCC(N)CC1=NC=CC1. The van der Waals surface area contributed by atoms with Crippen molar-refractivity contribution in [3.05, 3.63) is 12.3 Å². The molecule has 0 aromatic rings. The molecule has 0 spiro atoms. The molecule has 0 saturated heterocycles. The molecule has 0 bridgehead atoms. The third kappa shape index (κ3) is 1.95. The molecule has 0 fully saturated rings. The molecule has 10 heavy (non-hydrogen) atoms. The lowest BCUT2D eigenvalue weighted by molar-refractivity contribution is 0.673. The number of nitrogens with two attached hydrogens (primary N) is 1. The second-order valence-electron chi connectivity index (χ2n) is 2.66. The summed E-state index contributed by atoms with van der Waals surface area (Å²) in [6, 6.07) is 0.304. The highest BCUT2D eigenvalue weighted by Crippen LogP contribution is 2.06. The zero-order chi connectivity index (χ0) is 7.40. The summed E-state index contributed by atoms with van der Waals surface area (Å²) in [4.78, 5) is 4.18. The molecule has 1 atom stereocenters. The molecular formula is C8H14N2. The van der Waals surface area contributed by atoms with Crippen molar-refractivity contribution in [2.24, 2.45) is 10.7 Å². The first-order valence-corrected chi connectivity index (χ1v) is 3.79. The smallest absolute Gasteiger partial charge is 0.0232 e. The summed E-state index contributed by atoms with van der Waals surface area (Å²) in [6.07, 6.45) is 6.94. The fraction of sp³-hybridized carbons (Fsp3) is 0.625. The minimum Gasteiger partial charge on any atom is -0.327 e. The van der Waals surface area contributed by atoms with Crippen molar-refractivity contribution in [2.75, 3.05) is 0 Å². The molecule has 1 aliphatic rings. The van der Waals surface area contributed by atoms with Crippen molar-refractivity contribution in [1.29, 1.82) is 0 Å². The molecule has 1 heterocycles. The molecule has 2 nitrogen and oxygen atoms in total. The first-order valence-electron chi connectivity index (χ1n) is 3.79. The van der Waals surface area contributed by atoms with Crippen LogP contribution in [0.5, 0.6) is 0 Å². The van der Waals surface area contributed by atoms with Gasteiger partial charge in [0.05, 0.1) is 0 Å². The normalized spacial score (nSPS) is 19.2. The lowest BCUT2D eigenvalue weighted by Gasteiger charge is -2.06. The van der Waals surface area contributed by atoms with E-state index in [0.29, 0.717) is 6.04 Å². The van der Waals surface area contributed by atoms with Crippen LogP contribution in [-0.4, -0.2) is 11.8 Å². The van der Waals surface area contributed by atoms with Gasteiger partial charge in [-0.3, -0.25) is 4.99 Å². The Morgan fingerprint density at radius 1 is 1.80 bits per heavy atom. The molecule has 0 aromatic carbocycles. The molecule has 2 heteroatoms. The predicted octanol–water partition coefficient (Wildman–Crippen LogP) is 1.47. The molecule has 0 saturated carbocycles. The summed E-state index contributed by atoms with van der Waals surface area (Å²) in [6.45, 7) is 2.10. The lowest BCUT2D eigenvalue weighted by Crippen LogP contribution is -2.21. The van der Waals surface area contributed by atoms with Crippen molar-refractivity contribution in [3.8, 4) is 0 Å². The fourth-order valence-electron chi connectivity index (χ4n) is 0.983. The van der Waals surface area contributed by atoms with E-state index in [2.05, 4.69) is 18.0 Å². The Bertz CT molecular complexity index is 159. The second-order valence-corrected chi connectivity index (χ2v) is 2.66. The van der Waals surface area contributed by atoms with Gasteiger partial charge < -0.3 is 5.73 Å². The highest BCUT2D eigenvalue weighted by Gasteiger charge is 2.05. The predicted molar refractivity (Wildman–Crippen MR) is 44.1 cm³/mol. The van der Waals surface area contributed by atoms with Gasteiger partial charge in [0, 0.05) is 30.8 Å². The summed E-state index contributed by atoms with van der Waals surface area (Å²) in [5.74, 6) is 0. The number of rotatable bonds is 3. The maximum absolute atomic E-state index is 5.74.